The van der Waals surface area contributed by atoms with Crippen LogP contribution < -0.4 is 9.47 Å². The average molecular weight is 713 g/mol. The number of hydrogen-bond acceptors (Lipinski definition) is 10. The van der Waals surface area contributed by atoms with E-state index in [0.717, 1.165) is 48.5 Å². The zero-order valence-corrected chi connectivity index (χ0v) is 27.2. The normalized spacial score (nSPS) is 14.6. The van der Waals surface area contributed by atoms with Crippen LogP contribution in [0.4, 0.5) is 26.3 Å². The molecule has 16 heteroatoms. The summed E-state index contributed by atoms with van der Waals surface area (Å²) in [5.74, 6) is -2.00. The van der Waals surface area contributed by atoms with Crippen molar-refractivity contribution in [3.05, 3.63) is 108 Å². The lowest BCUT2D eigenvalue weighted by Gasteiger charge is -2.29. The largest absolute Gasteiger partial charge is 0.482 e. The lowest BCUT2D eigenvalue weighted by molar-refractivity contribution is -0.185. The number of hydrogen-bond donors (Lipinski definition) is 0. The van der Waals surface area contributed by atoms with Crippen LogP contribution in [-0.2, 0) is 31.4 Å². The Hall–Kier alpha value is -4.96. The molecule has 0 radical (unpaired) electrons. The van der Waals surface area contributed by atoms with Gasteiger partial charge in [-0.15, -0.1) is 0 Å². The van der Waals surface area contributed by atoms with Crippen LogP contribution in [0.1, 0.15) is 47.7 Å². The maximum atomic E-state index is 13.0. The minimum absolute atomic E-state index is 0.0843. The average Bonchev–Trinajstić information content (AvgIpc) is 3.78. The van der Waals surface area contributed by atoms with Crippen LogP contribution in [0.5, 0.6) is 11.5 Å². The third-order valence-corrected chi connectivity index (χ3v) is 7.28. The van der Waals surface area contributed by atoms with Crippen molar-refractivity contribution in [3.8, 4) is 11.5 Å². The second-order valence-electron chi connectivity index (χ2n) is 11.4. The smallest absolute Gasteiger partial charge is 0.419 e. The third kappa shape index (κ3) is 10.5. The van der Waals surface area contributed by atoms with E-state index in [0.29, 0.717) is 0 Å². The molecular formula is C34H34F6N2O8. The Balaban J connectivity index is 1.44. The monoisotopic (exact) mass is 712 g/mol. The van der Waals surface area contributed by atoms with Crippen LogP contribution in [0.25, 0.3) is 0 Å². The number of benzene rings is 2. The fourth-order valence-electron chi connectivity index (χ4n) is 4.61. The van der Waals surface area contributed by atoms with Crippen LogP contribution in [0.3, 0.4) is 0 Å². The van der Waals surface area contributed by atoms with Crippen molar-refractivity contribution in [2.45, 2.75) is 49.9 Å². The van der Waals surface area contributed by atoms with E-state index >= 15 is 0 Å². The molecule has 2 heterocycles. The number of nitrogens with zero attached hydrogens (tertiary/aromatic N) is 2. The predicted molar refractivity (Wildman–Crippen MR) is 163 cm³/mol. The molecule has 2 aromatic carbocycles. The quantitative estimate of drug-likeness (QED) is 0.0566. The highest BCUT2D eigenvalue weighted by molar-refractivity contribution is 6.29. The Morgan fingerprint density at radius 3 is 1.20 bits per heavy atom. The summed E-state index contributed by atoms with van der Waals surface area (Å²) in [5.41, 5.74) is -1.73. The summed E-state index contributed by atoms with van der Waals surface area (Å²) in [7, 11) is 6.26. The van der Waals surface area contributed by atoms with Crippen molar-refractivity contribution in [2.75, 3.05) is 28.2 Å². The van der Waals surface area contributed by atoms with Crippen LogP contribution in [0.15, 0.2) is 94.2 Å². The second-order valence-corrected chi connectivity index (χ2v) is 11.4. The number of carbonyl (C=O) groups excluding carboxylic acids is 2. The first-order valence-electron chi connectivity index (χ1n) is 15.0. The van der Waals surface area contributed by atoms with E-state index in [-0.39, 0.29) is 35.9 Å². The van der Waals surface area contributed by atoms with E-state index < -0.39 is 60.1 Å². The molecular weight excluding hydrogens is 678 g/mol. The molecule has 0 saturated heterocycles. The minimum Gasteiger partial charge on any atom is -0.482 e. The Labute approximate surface area is 283 Å². The molecule has 0 N–H and O–H groups in total. The molecule has 0 saturated carbocycles. The summed E-state index contributed by atoms with van der Waals surface area (Å²) >= 11 is 0. The van der Waals surface area contributed by atoms with E-state index in [9.17, 15) is 35.9 Å². The van der Waals surface area contributed by atoms with E-state index in [1.807, 2.05) is 0 Å². The molecule has 0 amide bonds. The number of furan rings is 2. The molecule has 0 aliphatic carbocycles. The lowest BCUT2D eigenvalue weighted by Crippen LogP contribution is -2.41. The Morgan fingerprint density at radius 1 is 0.600 bits per heavy atom. The highest BCUT2D eigenvalue weighted by Gasteiger charge is 2.34. The van der Waals surface area contributed by atoms with Crippen molar-refractivity contribution in [3.63, 3.8) is 0 Å². The maximum Gasteiger partial charge on any atom is 0.419 e. The van der Waals surface area contributed by atoms with Crippen LogP contribution >= 0.6 is 0 Å². The van der Waals surface area contributed by atoms with Gasteiger partial charge in [-0.3, -0.25) is 9.80 Å². The molecule has 10 nitrogen and oxygen atoms in total. The number of esters is 2. The Kier molecular flexibility index (Phi) is 12.2. The summed E-state index contributed by atoms with van der Waals surface area (Å²) < 4.78 is 112. The van der Waals surface area contributed by atoms with Gasteiger partial charge >= 0.3 is 24.3 Å². The van der Waals surface area contributed by atoms with Gasteiger partial charge in [0.1, 0.15) is 23.0 Å². The second kappa shape index (κ2) is 16.2. The first-order chi connectivity index (χ1) is 23.5. The minimum atomic E-state index is -4.54. The number of ether oxygens (including phenoxy) is 4. The van der Waals surface area contributed by atoms with Gasteiger partial charge < -0.3 is 27.8 Å². The van der Waals surface area contributed by atoms with E-state index in [2.05, 4.69) is 0 Å². The SMILES string of the molecule is CN(C)C(CC(Oc1ccc(C(F)(F)F)cc1)c1ccco1)OC(=O)C(=O)OC(CC(Oc1ccc(C(F)(F)F)cc1)c1ccco1)N(C)C. The van der Waals surface area contributed by atoms with E-state index in [1.165, 1.54) is 22.3 Å². The fraction of sp³-hybridized carbons (Fsp3) is 0.353. The lowest BCUT2D eigenvalue weighted by atomic mass is 10.1. The predicted octanol–water partition coefficient (Wildman–Crippen LogP) is 7.49. The molecule has 0 aliphatic heterocycles. The molecule has 50 heavy (non-hydrogen) atoms. The molecule has 4 rings (SSSR count). The number of alkyl halides is 6. The standard InChI is InChI=1S/C34H34F6N2O8/c1-41(2)29(19-27(25-7-5-17-45-25)47-23-13-9-21(10-14-23)33(35,36)37)49-31(43)32(44)50-30(42(3)4)20-28(26-8-6-18-46-26)48-24-15-11-22(12-16-24)34(38,39)40/h5-18,27-30H,19-20H2,1-4H3. The van der Waals surface area contributed by atoms with Crippen molar-refractivity contribution >= 4 is 11.9 Å². The summed E-state index contributed by atoms with van der Waals surface area (Å²) in [5, 5.41) is 0. The number of carbonyl (C=O) groups is 2. The zero-order chi connectivity index (χ0) is 36.6. The van der Waals surface area contributed by atoms with Crippen LogP contribution in [0.2, 0.25) is 0 Å². The molecule has 0 aliphatic rings. The molecule has 4 atom stereocenters. The maximum absolute atomic E-state index is 13.0. The number of halogens is 6. The van der Waals surface area contributed by atoms with Crippen molar-refractivity contribution in [1.82, 2.24) is 9.80 Å². The summed E-state index contributed by atoms with van der Waals surface area (Å²) in [6.45, 7) is 0. The van der Waals surface area contributed by atoms with Crippen molar-refractivity contribution in [1.29, 1.82) is 0 Å². The first kappa shape index (κ1) is 37.9. The molecule has 0 bridgehead atoms. The topological polar surface area (TPSA) is 104 Å². The summed E-state index contributed by atoms with van der Waals surface area (Å²) in [6, 6.07) is 14.3. The molecule has 270 valence electrons. The Bertz CT molecular complexity index is 1520. The first-order valence-corrected chi connectivity index (χ1v) is 15.0. The van der Waals surface area contributed by atoms with Gasteiger partial charge in [-0.05, 0) is 101 Å². The van der Waals surface area contributed by atoms with Crippen LogP contribution in [-0.4, -0.2) is 62.4 Å². The van der Waals surface area contributed by atoms with Gasteiger partial charge in [-0.2, -0.15) is 26.3 Å². The molecule has 4 aromatic rings. The van der Waals surface area contributed by atoms with Gasteiger partial charge in [0.15, 0.2) is 24.7 Å². The van der Waals surface area contributed by atoms with Crippen molar-refractivity contribution in [2.24, 2.45) is 0 Å². The van der Waals surface area contributed by atoms with Gasteiger partial charge in [0.2, 0.25) is 0 Å². The van der Waals surface area contributed by atoms with Gasteiger partial charge in [0.05, 0.1) is 23.7 Å². The van der Waals surface area contributed by atoms with E-state index in [1.54, 1.807) is 52.5 Å². The van der Waals surface area contributed by atoms with Gasteiger partial charge in [0.25, 0.3) is 0 Å². The van der Waals surface area contributed by atoms with Crippen molar-refractivity contribution < 1.29 is 63.7 Å². The highest BCUT2D eigenvalue weighted by atomic mass is 19.4. The third-order valence-electron chi connectivity index (χ3n) is 7.28. The molecule has 4 unspecified atom stereocenters. The fourth-order valence-corrected chi connectivity index (χ4v) is 4.61. The summed E-state index contributed by atoms with van der Waals surface area (Å²) in [4.78, 5) is 29.0. The zero-order valence-electron chi connectivity index (χ0n) is 27.2. The summed E-state index contributed by atoms with van der Waals surface area (Å²) in [6.07, 6.45) is -10.7. The Morgan fingerprint density at radius 2 is 0.940 bits per heavy atom. The highest BCUT2D eigenvalue weighted by Crippen LogP contribution is 2.34. The van der Waals surface area contributed by atoms with Gasteiger partial charge in [-0.25, -0.2) is 9.59 Å². The number of rotatable bonds is 14. The molecule has 0 spiro atoms. The molecule has 2 aromatic heterocycles. The van der Waals surface area contributed by atoms with Crippen LogP contribution in [0, 0.1) is 0 Å². The molecule has 0 fully saturated rings. The van der Waals surface area contributed by atoms with Gasteiger partial charge in [-0.1, -0.05) is 0 Å². The van der Waals surface area contributed by atoms with Gasteiger partial charge in [0, 0.05) is 12.8 Å². The van der Waals surface area contributed by atoms with E-state index in [4.69, 9.17) is 27.8 Å².